The minimum atomic E-state index is -0.845. The van der Waals surface area contributed by atoms with Crippen LogP contribution < -0.4 is 14.5 Å². The van der Waals surface area contributed by atoms with E-state index in [1.165, 1.54) is 4.90 Å². The summed E-state index contributed by atoms with van der Waals surface area (Å²) in [5, 5.41) is 1.77. The van der Waals surface area contributed by atoms with Gasteiger partial charge in [0.2, 0.25) is 11.8 Å². The summed E-state index contributed by atoms with van der Waals surface area (Å²) >= 11 is 3.49. The maximum atomic E-state index is 14.3. The number of carbonyl (C=O) groups is 3. The number of amides is 2. The molecule has 2 fully saturated rings. The van der Waals surface area contributed by atoms with Crippen LogP contribution in [0, 0.1) is 11.8 Å². The molecule has 3 heterocycles. The van der Waals surface area contributed by atoms with E-state index in [1.807, 2.05) is 77.7 Å². The fourth-order valence-electron chi connectivity index (χ4n) is 6.44. The van der Waals surface area contributed by atoms with Gasteiger partial charge in [0, 0.05) is 16.6 Å². The van der Waals surface area contributed by atoms with Gasteiger partial charge in [-0.15, -0.1) is 0 Å². The lowest BCUT2D eigenvalue weighted by molar-refractivity contribution is -0.122. The molecule has 2 amide bonds. The lowest BCUT2D eigenvalue weighted by Gasteiger charge is -2.36. The molecule has 0 aromatic heterocycles. The molecule has 0 aliphatic carbocycles. The van der Waals surface area contributed by atoms with Crippen molar-refractivity contribution in [3.8, 4) is 5.75 Å². The van der Waals surface area contributed by atoms with Gasteiger partial charge in [-0.3, -0.25) is 14.4 Å². The van der Waals surface area contributed by atoms with Crippen molar-refractivity contribution < 1.29 is 19.1 Å². The van der Waals surface area contributed by atoms with Crippen LogP contribution in [0.25, 0.3) is 16.8 Å². The molecule has 4 atom stereocenters. The van der Waals surface area contributed by atoms with Gasteiger partial charge in [0.25, 0.3) is 0 Å². The third-order valence-corrected chi connectivity index (χ3v) is 8.75. The van der Waals surface area contributed by atoms with Crippen molar-refractivity contribution in [2.24, 2.45) is 11.8 Å². The standard InChI is InChI=1S/C32H23BrN2O4/c1-39-26-16-14-20(17-22(26)33)30(36)29-28-27(25-15-13-19-8-3-5-11-23(19)34(25)29)31(37)35(32(28)38)24-12-6-9-18-7-2-4-10-21(18)24/h2-17,25,27-29H,1H3/t25-,27+,28-,29+/m1/s1. The second-order valence-electron chi connectivity index (χ2n) is 10.0. The molecule has 2 saturated heterocycles. The molecular formula is C32H23BrN2O4. The van der Waals surface area contributed by atoms with Crippen LogP contribution in [0.5, 0.6) is 5.75 Å². The highest BCUT2D eigenvalue weighted by Crippen LogP contribution is 2.50. The number of hydrogen-bond donors (Lipinski definition) is 0. The van der Waals surface area contributed by atoms with Gasteiger partial charge < -0.3 is 9.64 Å². The molecule has 39 heavy (non-hydrogen) atoms. The van der Waals surface area contributed by atoms with Gasteiger partial charge in [0.05, 0.1) is 35.1 Å². The predicted molar refractivity (Wildman–Crippen MR) is 154 cm³/mol. The number of anilines is 2. The van der Waals surface area contributed by atoms with E-state index in [0.717, 1.165) is 22.0 Å². The average molecular weight is 579 g/mol. The largest absolute Gasteiger partial charge is 0.496 e. The van der Waals surface area contributed by atoms with Crippen LogP contribution >= 0.6 is 15.9 Å². The zero-order chi connectivity index (χ0) is 26.8. The van der Waals surface area contributed by atoms with Crippen molar-refractivity contribution in [1.82, 2.24) is 0 Å². The number of ether oxygens (including phenoxy) is 1. The fraction of sp³-hybridized carbons (Fsp3) is 0.156. The van der Waals surface area contributed by atoms with E-state index in [2.05, 4.69) is 15.9 Å². The number of methoxy groups -OCH3 is 1. The molecule has 0 radical (unpaired) electrons. The van der Waals surface area contributed by atoms with Crippen LogP contribution in [0.15, 0.2) is 95.5 Å². The normalized spacial score (nSPS) is 23.1. The van der Waals surface area contributed by atoms with Crippen molar-refractivity contribution in [3.05, 3.63) is 107 Å². The van der Waals surface area contributed by atoms with Crippen molar-refractivity contribution in [2.75, 3.05) is 16.9 Å². The minimum Gasteiger partial charge on any atom is -0.496 e. The number of fused-ring (bicyclic) bond motifs is 6. The van der Waals surface area contributed by atoms with E-state index in [0.29, 0.717) is 21.5 Å². The first-order valence-electron chi connectivity index (χ1n) is 12.8. The molecule has 4 aromatic rings. The number of halogens is 1. The molecule has 0 saturated carbocycles. The number of imide groups is 1. The SMILES string of the molecule is COc1ccc(C(=O)[C@@H]2[C@@H]3C(=O)N(c4cccc5ccccc45)C(=O)[C@H]3[C@H]3C=Cc4ccccc4N32)cc1Br. The molecule has 6 nitrogen and oxygen atoms in total. The minimum absolute atomic E-state index is 0.207. The Morgan fingerprint density at radius 2 is 1.56 bits per heavy atom. The van der Waals surface area contributed by atoms with Crippen molar-refractivity contribution in [1.29, 1.82) is 0 Å². The number of ketones is 1. The molecule has 0 bridgehead atoms. The maximum absolute atomic E-state index is 14.3. The molecule has 4 aromatic carbocycles. The third-order valence-electron chi connectivity index (χ3n) is 8.13. The molecule has 7 rings (SSSR count). The van der Waals surface area contributed by atoms with Crippen LogP contribution in [0.1, 0.15) is 15.9 Å². The van der Waals surface area contributed by atoms with Gasteiger partial charge in [0.15, 0.2) is 5.78 Å². The smallest absolute Gasteiger partial charge is 0.240 e. The van der Waals surface area contributed by atoms with Crippen molar-refractivity contribution >= 4 is 61.8 Å². The summed E-state index contributed by atoms with van der Waals surface area (Å²) in [6, 6.07) is 25.0. The van der Waals surface area contributed by atoms with E-state index in [4.69, 9.17) is 4.74 Å². The van der Waals surface area contributed by atoms with Gasteiger partial charge >= 0.3 is 0 Å². The molecule has 0 spiro atoms. The first-order chi connectivity index (χ1) is 19.0. The molecule has 3 aliphatic heterocycles. The fourth-order valence-corrected chi connectivity index (χ4v) is 6.99. The van der Waals surface area contributed by atoms with Crippen LogP contribution in [-0.4, -0.2) is 36.8 Å². The molecule has 0 N–H and O–H groups in total. The monoisotopic (exact) mass is 578 g/mol. The third kappa shape index (κ3) is 3.42. The van der Waals surface area contributed by atoms with Crippen molar-refractivity contribution in [3.63, 3.8) is 0 Å². The summed E-state index contributed by atoms with van der Waals surface area (Å²) in [4.78, 5) is 46.0. The second-order valence-corrected chi connectivity index (χ2v) is 10.9. The quantitative estimate of drug-likeness (QED) is 0.223. The summed E-state index contributed by atoms with van der Waals surface area (Å²) in [6.45, 7) is 0. The van der Waals surface area contributed by atoms with Crippen LogP contribution in [-0.2, 0) is 9.59 Å². The first-order valence-corrected chi connectivity index (χ1v) is 13.6. The van der Waals surface area contributed by atoms with E-state index < -0.39 is 23.9 Å². The van der Waals surface area contributed by atoms with E-state index in [9.17, 15) is 14.4 Å². The van der Waals surface area contributed by atoms with E-state index in [-0.39, 0.29) is 17.6 Å². The number of carbonyl (C=O) groups excluding carboxylic acids is 3. The lowest BCUT2D eigenvalue weighted by Crippen LogP contribution is -2.48. The average Bonchev–Trinajstić information content (AvgIpc) is 3.44. The van der Waals surface area contributed by atoms with Crippen LogP contribution in [0.4, 0.5) is 11.4 Å². The highest BCUT2D eigenvalue weighted by molar-refractivity contribution is 9.10. The summed E-state index contributed by atoms with van der Waals surface area (Å²) in [5.41, 5.74) is 2.81. The van der Waals surface area contributed by atoms with E-state index in [1.54, 1.807) is 31.4 Å². The van der Waals surface area contributed by atoms with Gasteiger partial charge in [-0.2, -0.15) is 0 Å². The van der Waals surface area contributed by atoms with Crippen LogP contribution in [0.3, 0.4) is 0 Å². The number of Topliss-reactive ketones (excluding diaryl/α,β-unsaturated/α-hetero) is 1. The zero-order valence-corrected chi connectivity index (χ0v) is 22.5. The highest BCUT2D eigenvalue weighted by atomic mass is 79.9. The molecule has 0 unspecified atom stereocenters. The lowest BCUT2D eigenvalue weighted by atomic mass is 9.86. The number of rotatable bonds is 4. The molecule has 192 valence electrons. The zero-order valence-electron chi connectivity index (χ0n) is 21.0. The Hall–Kier alpha value is -4.23. The van der Waals surface area contributed by atoms with E-state index >= 15 is 0 Å². The number of hydrogen-bond acceptors (Lipinski definition) is 5. The number of benzene rings is 4. The first kappa shape index (κ1) is 23.9. The number of para-hydroxylation sites is 1. The topological polar surface area (TPSA) is 66.9 Å². The van der Waals surface area contributed by atoms with Crippen LogP contribution in [0.2, 0.25) is 0 Å². The molecule has 3 aliphatic rings. The highest BCUT2D eigenvalue weighted by Gasteiger charge is 2.64. The second kappa shape index (κ2) is 8.92. The summed E-state index contributed by atoms with van der Waals surface area (Å²) < 4.78 is 6.00. The number of nitrogens with zero attached hydrogens (tertiary/aromatic N) is 2. The Balaban J connectivity index is 1.38. The summed E-state index contributed by atoms with van der Waals surface area (Å²) in [7, 11) is 1.56. The summed E-state index contributed by atoms with van der Waals surface area (Å²) in [6.07, 6.45) is 3.96. The van der Waals surface area contributed by atoms with Gasteiger partial charge in [-0.05, 0) is 57.2 Å². The van der Waals surface area contributed by atoms with Gasteiger partial charge in [-0.1, -0.05) is 66.7 Å². The van der Waals surface area contributed by atoms with Gasteiger partial charge in [0.1, 0.15) is 11.8 Å². The Labute approximate surface area is 233 Å². The Morgan fingerprint density at radius 3 is 2.38 bits per heavy atom. The Kier molecular flexibility index (Phi) is 5.45. The van der Waals surface area contributed by atoms with Gasteiger partial charge in [-0.25, -0.2) is 4.90 Å². The Morgan fingerprint density at radius 1 is 0.846 bits per heavy atom. The maximum Gasteiger partial charge on any atom is 0.240 e. The molecule has 7 heteroatoms. The predicted octanol–water partition coefficient (Wildman–Crippen LogP) is 5.88. The molecular weight excluding hydrogens is 556 g/mol. The van der Waals surface area contributed by atoms with Crippen molar-refractivity contribution in [2.45, 2.75) is 12.1 Å². The summed E-state index contributed by atoms with van der Waals surface area (Å²) in [5.74, 6) is -1.72. The Bertz CT molecular complexity index is 1730.